The van der Waals surface area contributed by atoms with Gasteiger partial charge < -0.3 is 4.74 Å². The van der Waals surface area contributed by atoms with Crippen LogP contribution >= 0.6 is 0 Å². The minimum atomic E-state index is -0.129. The number of hydrogen-bond acceptors (Lipinski definition) is 2. The van der Waals surface area contributed by atoms with Gasteiger partial charge in [-0.3, -0.25) is 4.57 Å². The summed E-state index contributed by atoms with van der Waals surface area (Å²) in [6.45, 7) is 37.0. The van der Waals surface area contributed by atoms with Crippen LogP contribution in [0, 0.1) is 6.67 Å². The molecule has 2 aliphatic rings. The Morgan fingerprint density at radius 1 is 0.500 bits per heavy atom. The molecular formula is C63H71N4O+. The van der Waals surface area contributed by atoms with Gasteiger partial charge in [0.25, 0.3) is 0 Å². The smallest absolute Gasteiger partial charge is 0.225 e. The average Bonchev–Trinajstić information content (AvgIpc) is 3.78. The molecule has 0 spiro atoms. The number of quaternary nitrogens is 2. The lowest BCUT2D eigenvalue weighted by Crippen LogP contribution is -2.46. The third-order valence-corrected chi connectivity index (χ3v) is 14.9. The molecule has 348 valence electrons. The van der Waals surface area contributed by atoms with Crippen molar-refractivity contribution in [3.8, 4) is 28.4 Å². The van der Waals surface area contributed by atoms with Crippen molar-refractivity contribution in [2.24, 2.45) is 0 Å². The molecule has 5 heteroatoms. The summed E-state index contributed by atoms with van der Waals surface area (Å²) in [5, 5.41) is 2.40. The highest BCUT2D eigenvalue weighted by Gasteiger charge is 2.78. The number of fused-ring (bicyclic) bond motifs is 7. The van der Waals surface area contributed by atoms with Crippen LogP contribution in [0.1, 0.15) is 155 Å². The van der Waals surface area contributed by atoms with E-state index in [4.69, 9.17) is 9.72 Å². The number of para-hydroxylation sites is 2. The van der Waals surface area contributed by atoms with Gasteiger partial charge >= 0.3 is 0 Å². The second-order valence-corrected chi connectivity index (χ2v) is 23.8. The second-order valence-electron chi connectivity index (χ2n) is 23.8. The van der Waals surface area contributed by atoms with Gasteiger partial charge in [0.15, 0.2) is 18.0 Å². The molecule has 0 radical (unpaired) electrons. The maximum absolute atomic E-state index is 7.12. The standard InChI is InChI=1S/C63H71N4O/c1-39(2)43-30-52(40(3)4)60(53(31-43)41(5)6)42-19-18-20-47(29-42)66-38-67(66,58-22-17-16-21-57(58)66)48-32-46(63(13,14)15)33-50(36-48)68-49-24-25-51-54-34-44(61(7,8)9)23-26-55(54)65(56(51)37-49)59-35-45(27-28-64-59)62(10,11)12/h16-41H,1-15H3/q+1/t66-,67?/m0/s1. The predicted molar refractivity (Wildman–Crippen MR) is 289 cm³/mol. The van der Waals surface area contributed by atoms with Crippen molar-refractivity contribution in [3.63, 3.8) is 0 Å². The minimum absolute atomic E-state index is 0.0110. The summed E-state index contributed by atoms with van der Waals surface area (Å²) in [7, 11) is 0. The molecular weight excluding hydrogens is 829 g/mol. The molecule has 1 saturated heterocycles. The van der Waals surface area contributed by atoms with Crippen LogP contribution in [0.15, 0.2) is 134 Å². The average molecular weight is 900 g/mol. The van der Waals surface area contributed by atoms with Crippen molar-refractivity contribution in [1.82, 2.24) is 18.7 Å². The minimum Gasteiger partial charge on any atom is -0.457 e. The number of pyridine rings is 1. The maximum Gasteiger partial charge on any atom is 0.225 e. The fourth-order valence-electron chi connectivity index (χ4n) is 10.8. The lowest BCUT2D eigenvalue weighted by atomic mass is 9.81. The summed E-state index contributed by atoms with van der Waals surface area (Å²) >= 11 is 0. The highest BCUT2D eigenvalue weighted by molar-refractivity contribution is 6.10. The molecule has 10 rings (SSSR count). The van der Waals surface area contributed by atoms with Crippen molar-refractivity contribution < 1.29 is 4.74 Å². The third-order valence-electron chi connectivity index (χ3n) is 14.9. The van der Waals surface area contributed by atoms with E-state index in [1.165, 1.54) is 78.0 Å². The summed E-state index contributed by atoms with van der Waals surface area (Å²) in [5.41, 5.74) is 17.9. The summed E-state index contributed by atoms with van der Waals surface area (Å²) in [5.74, 6) is 3.78. The Bertz CT molecular complexity index is 3260. The molecule has 5 nitrogen and oxygen atoms in total. The first-order valence-corrected chi connectivity index (χ1v) is 25.0. The van der Waals surface area contributed by atoms with E-state index in [1.54, 1.807) is 0 Å². The molecule has 2 aromatic heterocycles. The Morgan fingerprint density at radius 2 is 1.13 bits per heavy atom. The number of aromatic nitrogens is 2. The van der Waals surface area contributed by atoms with E-state index < -0.39 is 0 Å². The lowest BCUT2D eigenvalue weighted by molar-refractivity contribution is 0.422. The van der Waals surface area contributed by atoms with E-state index >= 15 is 0 Å². The zero-order chi connectivity index (χ0) is 48.5. The molecule has 1 unspecified atom stereocenters. The summed E-state index contributed by atoms with van der Waals surface area (Å²) in [4.78, 5) is 5.00. The third kappa shape index (κ3) is 7.22. The molecule has 0 bridgehead atoms. The van der Waals surface area contributed by atoms with Crippen molar-refractivity contribution >= 4 is 44.6 Å². The molecule has 6 aromatic carbocycles. The number of rotatable bonds is 9. The molecule has 68 heavy (non-hydrogen) atoms. The van der Waals surface area contributed by atoms with Crippen LogP contribution in [0.25, 0.3) is 38.8 Å². The highest BCUT2D eigenvalue weighted by atomic mass is 16.5. The number of nitrogens with zero attached hydrogens (tertiary/aromatic N) is 4. The van der Waals surface area contributed by atoms with Crippen LogP contribution in [0.2, 0.25) is 0 Å². The maximum atomic E-state index is 7.12. The zero-order valence-corrected chi connectivity index (χ0v) is 43.2. The van der Waals surface area contributed by atoms with E-state index in [9.17, 15) is 0 Å². The normalized spacial score (nSPS) is 18.1. The Balaban J connectivity index is 1.11. The van der Waals surface area contributed by atoms with E-state index in [-0.39, 0.29) is 16.2 Å². The first-order valence-electron chi connectivity index (χ1n) is 25.0. The van der Waals surface area contributed by atoms with Gasteiger partial charge in [0, 0.05) is 59.4 Å². The van der Waals surface area contributed by atoms with Crippen molar-refractivity contribution in [2.75, 3.05) is 0 Å². The number of ether oxygens (including phenoxy) is 1. The fourth-order valence-corrected chi connectivity index (χ4v) is 10.8. The summed E-state index contributed by atoms with van der Waals surface area (Å²) < 4.78 is 10.7. The van der Waals surface area contributed by atoms with Crippen LogP contribution in [0.5, 0.6) is 11.5 Å². The van der Waals surface area contributed by atoms with E-state index in [1.807, 2.05) is 6.20 Å². The van der Waals surface area contributed by atoms with Crippen LogP contribution in [0.4, 0.5) is 22.7 Å². The highest BCUT2D eigenvalue weighted by Crippen LogP contribution is 2.75. The van der Waals surface area contributed by atoms with Gasteiger partial charge in [-0.25, -0.2) is 4.98 Å². The number of benzene rings is 6. The largest absolute Gasteiger partial charge is 0.457 e. The SMILES string of the molecule is CC(C)c1cc(C(C)C)c(-c2cccc([N@+]34[CH-][N+]3(c3cc(Oc5ccc6c7cc(C(C)(C)C)ccc7n(-c7cc(C(C)(C)C)ccn7)c6c5)cc(C(C)(C)C)c3)c3ccccc34)c2)c(C(C)C)c1. The summed E-state index contributed by atoms with van der Waals surface area (Å²) in [6, 6.07) is 48.2. The Kier molecular flexibility index (Phi) is 10.6. The lowest BCUT2D eigenvalue weighted by Gasteiger charge is -2.40. The van der Waals surface area contributed by atoms with Gasteiger partial charge in [-0.05, 0) is 121 Å². The van der Waals surface area contributed by atoms with E-state index in [0.29, 0.717) is 26.9 Å². The topological polar surface area (TPSA) is 27.1 Å². The quantitative estimate of drug-likeness (QED) is 0.0820. The Labute approximate surface area is 406 Å². The Hall–Kier alpha value is -6.01. The molecule has 8 aromatic rings. The van der Waals surface area contributed by atoms with Crippen LogP contribution < -0.4 is 13.9 Å². The van der Waals surface area contributed by atoms with Gasteiger partial charge in [-0.15, -0.1) is 0 Å². The van der Waals surface area contributed by atoms with Gasteiger partial charge in [-0.1, -0.05) is 146 Å². The first kappa shape index (κ1) is 45.8. The Morgan fingerprint density at radius 3 is 1.75 bits per heavy atom. The van der Waals surface area contributed by atoms with Gasteiger partial charge in [0.05, 0.1) is 11.0 Å². The van der Waals surface area contributed by atoms with Crippen molar-refractivity contribution in [1.29, 1.82) is 0 Å². The monoisotopic (exact) mass is 900 g/mol. The van der Waals surface area contributed by atoms with Crippen LogP contribution in [-0.4, -0.2) is 9.55 Å². The van der Waals surface area contributed by atoms with Gasteiger partial charge in [-0.2, -0.15) is 9.18 Å². The van der Waals surface area contributed by atoms with Crippen molar-refractivity contribution in [3.05, 3.63) is 174 Å². The molecule has 0 N–H and O–H groups in total. The zero-order valence-electron chi connectivity index (χ0n) is 43.2. The van der Waals surface area contributed by atoms with Crippen LogP contribution in [0.3, 0.4) is 0 Å². The molecule has 0 aliphatic carbocycles. The molecule has 0 saturated carbocycles. The number of hydrogen-bond donors (Lipinski definition) is 0. The van der Waals surface area contributed by atoms with E-state index in [0.717, 1.165) is 28.4 Å². The molecule has 1 fully saturated rings. The molecule has 4 heterocycles. The first-order chi connectivity index (χ1) is 32.0. The summed E-state index contributed by atoms with van der Waals surface area (Å²) in [6.07, 6.45) is 1.95. The van der Waals surface area contributed by atoms with Crippen LogP contribution in [-0.2, 0) is 16.2 Å². The molecule has 0 amide bonds. The van der Waals surface area contributed by atoms with Gasteiger partial charge in [0.1, 0.15) is 17.3 Å². The second kappa shape index (κ2) is 15.8. The van der Waals surface area contributed by atoms with Gasteiger partial charge in [0.2, 0.25) is 11.4 Å². The molecule has 2 aliphatic heterocycles. The fraction of sp³-hybridized carbons (Fsp3) is 0.333. The van der Waals surface area contributed by atoms with E-state index in [2.05, 4.69) is 242 Å². The predicted octanol–water partition coefficient (Wildman–Crippen LogP) is 18.2. The molecule has 2 atom stereocenters. The van der Waals surface area contributed by atoms with Crippen molar-refractivity contribution in [2.45, 2.75) is 138 Å².